The lowest BCUT2D eigenvalue weighted by molar-refractivity contribution is 0.246. The summed E-state index contributed by atoms with van der Waals surface area (Å²) in [5.74, 6) is 3.15. The highest BCUT2D eigenvalue weighted by molar-refractivity contribution is 5.09. The third-order valence-electron chi connectivity index (χ3n) is 4.28. The Balaban J connectivity index is 1.45. The fourth-order valence-electron chi connectivity index (χ4n) is 3.09. The van der Waals surface area contributed by atoms with Crippen molar-refractivity contribution in [2.45, 2.75) is 33.0 Å². The van der Waals surface area contributed by atoms with Crippen LogP contribution >= 0.6 is 0 Å². The molecule has 7 heteroatoms. The van der Waals surface area contributed by atoms with Crippen molar-refractivity contribution >= 4 is 0 Å². The number of nitrogens with zero attached hydrogens (tertiary/aromatic N) is 6. The maximum atomic E-state index is 5.70. The van der Waals surface area contributed by atoms with E-state index < -0.39 is 0 Å². The van der Waals surface area contributed by atoms with Crippen LogP contribution in [0.3, 0.4) is 0 Å². The number of aryl methyl sites for hydroxylation is 1. The molecule has 0 aliphatic carbocycles. The van der Waals surface area contributed by atoms with E-state index in [0.29, 0.717) is 6.54 Å². The summed E-state index contributed by atoms with van der Waals surface area (Å²) in [5.41, 5.74) is 1.18. The monoisotopic (exact) mass is 312 g/mol. The van der Waals surface area contributed by atoms with Gasteiger partial charge in [0.25, 0.3) is 0 Å². The van der Waals surface area contributed by atoms with Crippen molar-refractivity contribution in [2.75, 3.05) is 13.1 Å². The van der Waals surface area contributed by atoms with Crippen molar-refractivity contribution in [3.05, 3.63) is 54.0 Å². The molecule has 3 aromatic heterocycles. The number of imidazole rings is 1. The van der Waals surface area contributed by atoms with Crippen molar-refractivity contribution in [1.82, 2.24) is 29.2 Å². The number of furan rings is 1. The fourth-order valence-corrected chi connectivity index (χ4v) is 3.09. The van der Waals surface area contributed by atoms with Crippen LogP contribution in [-0.2, 0) is 26.1 Å². The molecule has 0 saturated carbocycles. The molecule has 4 rings (SSSR count). The molecule has 0 bridgehead atoms. The molecule has 1 aliphatic rings. The molecule has 3 aromatic rings. The van der Waals surface area contributed by atoms with Gasteiger partial charge in [-0.2, -0.15) is 5.10 Å². The van der Waals surface area contributed by atoms with Gasteiger partial charge >= 0.3 is 0 Å². The molecule has 0 unspecified atom stereocenters. The first-order valence-corrected chi connectivity index (χ1v) is 7.91. The Hall–Kier alpha value is -2.41. The van der Waals surface area contributed by atoms with Crippen LogP contribution in [0.25, 0.3) is 0 Å². The molecule has 0 aromatic carbocycles. The van der Waals surface area contributed by atoms with Crippen molar-refractivity contribution in [3.63, 3.8) is 0 Å². The molecule has 0 amide bonds. The van der Waals surface area contributed by atoms with Gasteiger partial charge in [0.1, 0.15) is 30.0 Å². The molecule has 0 saturated heterocycles. The minimum atomic E-state index is 0.713. The largest absolute Gasteiger partial charge is 0.465 e. The highest BCUT2D eigenvalue weighted by Gasteiger charge is 2.18. The fraction of sp³-hybridized carbons (Fsp3) is 0.438. The molecule has 120 valence electrons. The zero-order valence-electron chi connectivity index (χ0n) is 13.2. The highest BCUT2D eigenvalue weighted by Crippen LogP contribution is 2.15. The molecule has 7 nitrogen and oxygen atoms in total. The van der Waals surface area contributed by atoms with E-state index in [1.54, 1.807) is 12.7 Å². The lowest BCUT2D eigenvalue weighted by Crippen LogP contribution is -2.26. The van der Waals surface area contributed by atoms with E-state index in [1.807, 2.05) is 23.9 Å². The third-order valence-corrected chi connectivity index (χ3v) is 4.28. The highest BCUT2D eigenvalue weighted by atomic mass is 16.3. The maximum absolute atomic E-state index is 5.70. The molecule has 0 radical (unpaired) electrons. The number of hydrogen-bond donors (Lipinski definition) is 0. The number of aromatic nitrogens is 5. The molecule has 0 fully saturated rings. The Morgan fingerprint density at radius 1 is 1.17 bits per heavy atom. The van der Waals surface area contributed by atoms with Gasteiger partial charge in [0.2, 0.25) is 0 Å². The summed E-state index contributed by atoms with van der Waals surface area (Å²) in [5, 5.41) is 4.18. The summed E-state index contributed by atoms with van der Waals surface area (Å²) in [7, 11) is 0. The summed E-state index contributed by atoms with van der Waals surface area (Å²) in [6.07, 6.45) is 6.22. The van der Waals surface area contributed by atoms with E-state index in [9.17, 15) is 0 Å². The minimum absolute atomic E-state index is 0.713. The van der Waals surface area contributed by atoms with Crippen molar-refractivity contribution in [1.29, 1.82) is 0 Å². The van der Waals surface area contributed by atoms with E-state index in [0.717, 1.165) is 49.9 Å². The van der Waals surface area contributed by atoms with E-state index in [1.165, 1.54) is 5.69 Å². The Labute approximate surface area is 134 Å². The lowest BCUT2D eigenvalue weighted by Gasteiger charge is -2.18. The molecule has 1 aliphatic heterocycles. The predicted octanol–water partition coefficient (Wildman–Crippen LogP) is 1.48. The van der Waals surface area contributed by atoms with Gasteiger partial charge < -0.3 is 8.98 Å². The van der Waals surface area contributed by atoms with Gasteiger partial charge in [0.15, 0.2) is 0 Å². The SMILES string of the molecule is Cc1ccc(CN2CCc3ncc(Cn4cncn4)n3CC2)o1. The van der Waals surface area contributed by atoms with E-state index >= 15 is 0 Å². The second-order valence-electron chi connectivity index (χ2n) is 5.95. The molecule has 0 N–H and O–H groups in total. The zero-order chi connectivity index (χ0) is 15.6. The van der Waals surface area contributed by atoms with Gasteiger partial charge in [0.05, 0.1) is 25.0 Å². The van der Waals surface area contributed by atoms with Crippen LogP contribution in [0.15, 0.2) is 35.4 Å². The first-order valence-electron chi connectivity index (χ1n) is 7.91. The molecule has 23 heavy (non-hydrogen) atoms. The summed E-state index contributed by atoms with van der Waals surface area (Å²) >= 11 is 0. The zero-order valence-corrected chi connectivity index (χ0v) is 13.2. The van der Waals surface area contributed by atoms with Crippen molar-refractivity contribution in [3.8, 4) is 0 Å². The molecule has 4 heterocycles. The molecular weight excluding hydrogens is 292 g/mol. The van der Waals surface area contributed by atoms with Gasteiger partial charge in [-0.25, -0.2) is 14.6 Å². The summed E-state index contributed by atoms with van der Waals surface area (Å²) < 4.78 is 9.84. The normalized spacial score (nSPS) is 15.5. The predicted molar refractivity (Wildman–Crippen MR) is 83.8 cm³/mol. The molecule has 0 atom stereocenters. The average molecular weight is 312 g/mol. The second kappa shape index (κ2) is 6.00. The summed E-state index contributed by atoms with van der Waals surface area (Å²) in [4.78, 5) is 11.0. The van der Waals surface area contributed by atoms with Crippen LogP contribution < -0.4 is 0 Å². The third kappa shape index (κ3) is 3.05. The van der Waals surface area contributed by atoms with Gasteiger partial charge in [-0.15, -0.1) is 0 Å². The quantitative estimate of drug-likeness (QED) is 0.730. The first kappa shape index (κ1) is 14.2. The number of rotatable bonds is 4. The van der Waals surface area contributed by atoms with Gasteiger partial charge in [-0.05, 0) is 19.1 Å². The summed E-state index contributed by atoms with van der Waals surface area (Å²) in [6, 6.07) is 4.09. The summed E-state index contributed by atoms with van der Waals surface area (Å²) in [6.45, 7) is 6.49. The van der Waals surface area contributed by atoms with Crippen LogP contribution in [-0.4, -0.2) is 42.3 Å². The average Bonchev–Trinajstić information content (AvgIpc) is 3.24. The van der Waals surface area contributed by atoms with Crippen LogP contribution in [0.2, 0.25) is 0 Å². The van der Waals surface area contributed by atoms with Crippen LogP contribution in [0.5, 0.6) is 0 Å². The number of hydrogen-bond acceptors (Lipinski definition) is 5. The van der Waals surface area contributed by atoms with E-state index in [2.05, 4.69) is 30.6 Å². The maximum Gasteiger partial charge on any atom is 0.137 e. The van der Waals surface area contributed by atoms with E-state index in [-0.39, 0.29) is 0 Å². The minimum Gasteiger partial charge on any atom is -0.465 e. The molecule has 0 spiro atoms. The molecular formula is C16H20N6O. The topological polar surface area (TPSA) is 64.9 Å². The lowest BCUT2D eigenvalue weighted by atomic mass is 10.3. The van der Waals surface area contributed by atoms with Crippen LogP contribution in [0, 0.1) is 6.92 Å². The van der Waals surface area contributed by atoms with Crippen molar-refractivity contribution in [2.24, 2.45) is 0 Å². The Bertz CT molecular complexity index is 772. The second-order valence-corrected chi connectivity index (χ2v) is 5.95. The van der Waals surface area contributed by atoms with Crippen molar-refractivity contribution < 1.29 is 4.42 Å². The van der Waals surface area contributed by atoms with Gasteiger partial charge in [-0.3, -0.25) is 4.90 Å². The van der Waals surface area contributed by atoms with Crippen LogP contribution in [0.4, 0.5) is 0 Å². The van der Waals surface area contributed by atoms with E-state index in [4.69, 9.17) is 4.42 Å². The Morgan fingerprint density at radius 2 is 2.13 bits per heavy atom. The van der Waals surface area contributed by atoms with Gasteiger partial charge in [0, 0.05) is 26.1 Å². The first-order chi connectivity index (χ1) is 11.3. The Kier molecular flexibility index (Phi) is 3.70. The number of fused-ring (bicyclic) bond motifs is 1. The van der Waals surface area contributed by atoms with Crippen LogP contribution in [0.1, 0.15) is 23.0 Å². The Morgan fingerprint density at radius 3 is 2.91 bits per heavy atom. The van der Waals surface area contributed by atoms with Gasteiger partial charge in [-0.1, -0.05) is 0 Å². The standard InChI is InChI=1S/C16H20N6O/c1-13-2-3-15(23-13)10-20-5-4-16-18-8-14(22(16)7-6-20)9-21-12-17-11-19-21/h2-3,8,11-12H,4-7,9-10H2,1H3. The smallest absolute Gasteiger partial charge is 0.137 e.